The van der Waals surface area contributed by atoms with Crippen molar-refractivity contribution >= 4 is 34.8 Å². The normalized spacial score (nSPS) is 22.8. The first-order chi connectivity index (χ1) is 9.56. The number of benzene rings is 1. The maximum absolute atomic E-state index is 6.06. The summed E-state index contributed by atoms with van der Waals surface area (Å²) in [5.41, 5.74) is 0. The van der Waals surface area contributed by atoms with Crippen molar-refractivity contribution in [2.45, 2.75) is 38.6 Å². The van der Waals surface area contributed by atoms with Crippen molar-refractivity contribution in [1.82, 2.24) is 5.32 Å². The zero-order valence-electron chi connectivity index (χ0n) is 11.6. The second-order valence-electron chi connectivity index (χ2n) is 5.46. The minimum atomic E-state index is 0.453. The minimum Gasteiger partial charge on any atom is -0.489 e. The molecule has 2 rings (SSSR count). The minimum absolute atomic E-state index is 0.453. The fraction of sp³-hybridized carbons (Fsp3) is 0.600. The molecule has 2 nitrogen and oxygen atoms in total. The Morgan fingerprint density at radius 2 is 1.70 bits per heavy atom. The molecule has 1 aromatic carbocycles. The van der Waals surface area contributed by atoms with Gasteiger partial charge in [0.2, 0.25) is 0 Å². The van der Waals surface area contributed by atoms with E-state index in [0.29, 0.717) is 33.5 Å². The highest BCUT2D eigenvalue weighted by atomic mass is 35.5. The molecule has 1 fully saturated rings. The van der Waals surface area contributed by atoms with Gasteiger partial charge in [-0.15, -0.1) is 0 Å². The predicted molar refractivity (Wildman–Crippen MR) is 86.4 cm³/mol. The van der Waals surface area contributed by atoms with Gasteiger partial charge in [-0.1, -0.05) is 41.7 Å². The Kier molecular flexibility index (Phi) is 6.28. The molecule has 1 aliphatic carbocycles. The number of rotatable bonds is 5. The van der Waals surface area contributed by atoms with Crippen LogP contribution in [0.3, 0.4) is 0 Å². The largest absolute Gasteiger partial charge is 0.489 e. The van der Waals surface area contributed by atoms with Gasteiger partial charge in [-0.3, -0.25) is 0 Å². The summed E-state index contributed by atoms with van der Waals surface area (Å²) in [6.07, 6.45) is 5.13. The summed E-state index contributed by atoms with van der Waals surface area (Å²) in [6, 6.07) is 3.89. The summed E-state index contributed by atoms with van der Waals surface area (Å²) < 4.78 is 5.65. The molecule has 0 atom stereocenters. The number of ether oxygens (including phenoxy) is 1. The third kappa shape index (κ3) is 4.70. The zero-order chi connectivity index (χ0) is 14.5. The molecular weight excluding hydrogens is 317 g/mol. The van der Waals surface area contributed by atoms with E-state index in [9.17, 15) is 0 Å². The molecule has 0 saturated heterocycles. The molecule has 1 aromatic rings. The van der Waals surface area contributed by atoms with Crippen molar-refractivity contribution in [3.63, 3.8) is 0 Å². The van der Waals surface area contributed by atoms with Crippen molar-refractivity contribution in [3.05, 3.63) is 27.2 Å². The lowest BCUT2D eigenvalue weighted by Crippen LogP contribution is -2.35. The van der Waals surface area contributed by atoms with Crippen LogP contribution >= 0.6 is 34.8 Å². The van der Waals surface area contributed by atoms with Crippen molar-refractivity contribution < 1.29 is 4.74 Å². The molecule has 112 valence electrons. The van der Waals surface area contributed by atoms with Crippen LogP contribution in [0.25, 0.3) is 0 Å². The maximum Gasteiger partial charge on any atom is 0.156 e. The third-order valence-corrected chi connectivity index (χ3v) is 4.54. The molecule has 0 radical (unpaired) electrons. The molecule has 1 aliphatic rings. The van der Waals surface area contributed by atoms with Crippen LogP contribution in [0.15, 0.2) is 12.1 Å². The molecule has 5 heteroatoms. The van der Waals surface area contributed by atoms with E-state index in [2.05, 4.69) is 12.2 Å². The molecule has 0 bridgehead atoms. The summed E-state index contributed by atoms with van der Waals surface area (Å²) in [5.74, 6) is 1.38. The molecule has 1 saturated carbocycles. The smallest absolute Gasteiger partial charge is 0.156 e. The van der Waals surface area contributed by atoms with Crippen molar-refractivity contribution in [3.8, 4) is 5.75 Å². The standard InChI is InChI=1S/C15H20Cl3NO/c1-10-2-4-12(5-3-10)19-6-7-20-15-13(17)8-11(16)9-14(15)18/h8-10,12,19H,2-7H2,1H3. The monoisotopic (exact) mass is 335 g/mol. The van der Waals surface area contributed by atoms with E-state index in [1.807, 2.05) is 0 Å². The third-order valence-electron chi connectivity index (χ3n) is 3.76. The van der Waals surface area contributed by atoms with Crippen molar-refractivity contribution in [2.75, 3.05) is 13.2 Å². The fourth-order valence-electron chi connectivity index (χ4n) is 2.55. The van der Waals surface area contributed by atoms with Gasteiger partial charge in [0.1, 0.15) is 6.61 Å². The molecule has 0 unspecified atom stereocenters. The van der Waals surface area contributed by atoms with Gasteiger partial charge in [0.25, 0.3) is 0 Å². The fourth-order valence-corrected chi connectivity index (χ4v) is 3.47. The summed E-state index contributed by atoms with van der Waals surface area (Å²) in [4.78, 5) is 0. The number of hydrogen-bond acceptors (Lipinski definition) is 2. The van der Waals surface area contributed by atoms with Crippen LogP contribution in [0, 0.1) is 5.92 Å². The lowest BCUT2D eigenvalue weighted by molar-refractivity contribution is 0.270. The van der Waals surface area contributed by atoms with Gasteiger partial charge >= 0.3 is 0 Å². The molecule has 20 heavy (non-hydrogen) atoms. The van der Waals surface area contributed by atoms with E-state index in [0.717, 1.165) is 12.5 Å². The van der Waals surface area contributed by atoms with Gasteiger partial charge in [0.15, 0.2) is 5.75 Å². The Bertz CT molecular complexity index is 422. The van der Waals surface area contributed by atoms with Crippen molar-refractivity contribution in [1.29, 1.82) is 0 Å². The van der Waals surface area contributed by atoms with Gasteiger partial charge in [0.05, 0.1) is 10.0 Å². The highest BCUT2D eigenvalue weighted by Crippen LogP contribution is 2.35. The second-order valence-corrected chi connectivity index (χ2v) is 6.71. The first-order valence-electron chi connectivity index (χ1n) is 7.07. The number of nitrogens with one attached hydrogen (secondary N) is 1. The van der Waals surface area contributed by atoms with Gasteiger partial charge in [-0.2, -0.15) is 0 Å². The topological polar surface area (TPSA) is 21.3 Å². The first kappa shape index (κ1) is 16.2. The SMILES string of the molecule is CC1CCC(NCCOc2c(Cl)cc(Cl)cc2Cl)CC1. The maximum atomic E-state index is 6.06. The number of hydrogen-bond donors (Lipinski definition) is 1. The molecule has 0 aromatic heterocycles. The highest BCUT2D eigenvalue weighted by Gasteiger charge is 2.17. The molecular formula is C15H20Cl3NO. The predicted octanol–water partition coefficient (Wildman–Crippen LogP) is 5.19. The molecule has 0 aliphatic heterocycles. The van der Waals surface area contributed by atoms with E-state index in [-0.39, 0.29) is 0 Å². The Hall–Kier alpha value is -0.150. The molecule has 0 heterocycles. The molecule has 0 amide bonds. The summed E-state index contributed by atoms with van der Waals surface area (Å²) in [7, 11) is 0. The second kappa shape index (κ2) is 7.74. The Labute approximate surface area is 135 Å². The van der Waals surface area contributed by atoms with Crippen LogP contribution in [0.5, 0.6) is 5.75 Å². The van der Waals surface area contributed by atoms with E-state index in [1.54, 1.807) is 12.1 Å². The van der Waals surface area contributed by atoms with Crippen LogP contribution in [0.1, 0.15) is 32.6 Å². The summed E-state index contributed by atoms with van der Waals surface area (Å²) in [5, 5.41) is 4.95. The van der Waals surface area contributed by atoms with Crippen LogP contribution < -0.4 is 10.1 Å². The average Bonchev–Trinajstić information content (AvgIpc) is 2.39. The Morgan fingerprint density at radius 3 is 2.30 bits per heavy atom. The zero-order valence-corrected chi connectivity index (χ0v) is 13.9. The van der Waals surface area contributed by atoms with Crippen LogP contribution in [-0.4, -0.2) is 19.2 Å². The first-order valence-corrected chi connectivity index (χ1v) is 8.20. The van der Waals surface area contributed by atoms with Gasteiger partial charge in [0, 0.05) is 17.6 Å². The lowest BCUT2D eigenvalue weighted by atomic mass is 9.87. The lowest BCUT2D eigenvalue weighted by Gasteiger charge is -2.27. The Balaban J connectivity index is 1.74. The van der Waals surface area contributed by atoms with Crippen molar-refractivity contribution in [2.24, 2.45) is 5.92 Å². The van der Waals surface area contributed by atoms with Crippen LogP contribution in [0.4, 0.5) is 0 Å². The highest BCUT2D eigenvalue weighted by molar-refractivity contribution is 6.40. The van der Waals surface area contributed by atoms with E-state index < -0.39 is 0 Å². The molecule has 1 N–H and O–H groups in total. The van der Waals surface area contributed by atoms with Crippen LogP contribution in [-0.2, 0) is 0 Å². The quantitative estimate of drug-likeness (QED) is 0.747. The molecule has 0 spiro atoms. The average molecular weight is 337 g/mol. The van der Waals surface area contributed by atoms with Gasteiger partial charge in [-0.25, -0.2) is 0 Å². The van der Waals surface area contributed by atoms with E-state index in [1.165, 1.54) is 25.7 Å². The summed E-state index contributed by atoms with van der Waals surface area (Å²) in [6.45, 7) is 3.67. The Morgan fingerprint density at radius 1 is 1.10 bits per heavy atom. The summed E-state index contributed by atoms with van der Waals surface area (Å²) >= 11 is 18.0. The van der Waals surface area contributed by atoms with Gasteiger partial charge in [-0.05, 0) is 43.7 Å². The van der Waals surface area contributed by atoms with Crippen LogP contribution in [0.2, 0.25) is 15.1 Å². The number of halogens is 3. The van der Waals surface area contributed by atoms with Gasteiger partial charge < -0.3 is 10.1 Å². The van der Waals surface area contributed by atoms with E-state index in [4.69, 9.17) is 39.5 Å². The van der Waals surface area contributed by atoms with E-state index >= 15 is 0 Å².